The molecule has 28 heavy (non-hydrogen) atoms. The van der Waals surface area contributed by atoms with Crippen molar-refractivity contribution in [1.82, 2.24) is 9.80 Å². The van der Waals surface area contributed by atoms with Gasteiger partial charge in [0.25, 0.3) is 0 Å². The first-order valence-electron chi connectivity index (χ1n) is 10.8. The minimum absolute atomic E-state index is 0.296. The maximum atomic E-state index is 10.5. The Balaban J connectivity index is 1.34. The molecule has 0 spiro atoms. The van der Waals surface area contributed by atoms with Crippen LogP contribution in [-0.2, 0) is 11.3 Å². The summed E-state index contributed by atoms with van der Waals surface area (Å²) in [6, 6.07) is 8.11. The maximum Gasteiger partial charge on any atom is 0.0900 e. The Hall–Kier alpha value is -0.650. The SMILES string of the molecule is C[C@H]1C[C@H](OC[C@H](O)CN2CCN(Cc3ccc(Cl)cc3)CC2)CC(C)(C)C1. The number of ether oxygens (including phenoxy) is 1. The molecule has 1 aromatic carbocycles. The molecule has 0 radical (unpaired) electrons. The van der Waals surface area contributed by atoms with Crippen molar-refractivity contribution >= 4 is 11.6 Å². The van der Waals surface area contributed by atoms with E-state index < -0.39 is 6.10 Å². The van der Waals surface area contributed by atoms with Crippen LogP contribution in [0.15, 0.2) is 24.3 Å². The second-order valence-corrected chi connectivity index (χ2v) is 10.2. The average Bonchev–Trinajstić information content (AvgIpc) is 2.62. The van der Waals surface area contributed by atoms with Crippen molar-refractivity contribution in [2.75, 3.05) is 39.3 Å². The van der Waals surface area contributed by atoms with Gasteiger partial charge in [0.15, 0.2) is 0 Å². The summed E-state index contributed by atoms with van der Waals surface area (Å²) in [6.07, 6.45) is 3.40. The van der Waals surface area contributed by atoms with Crippen LogP contribution in [0.5, 0.6) is 0 Å². The van der Waals surface area contributed by atoms with Crippen LogP contribution < -0.4 is 0 Å². The Labute approximate surface area is 175 Å². The van der Waals surface area contributed by atoms with Crippen molar-refractivity contribution < 1.29 is 9.84 Å². The van der Waals surface area contributed by atoms with Crippen LogP contribution in [0.25, 0.3) is 0 Å². The summed E-state index contributed by atoms with van der Waals surface area (Å²) in [5.74, 6) is 0.708. The van der Waals surface area contributed by atoms with Crippen LogP contribution in [0.4, 0.5) is 0 Å². The molecule has 5 heteroatoms. The fourth-order valence-electron chi connectivity index (χ4n) is 4.96. The lowest BCUT2D eigenvalue weighted by molar-refractivity contribution is -0.0634. The average molecular weight is 409 g/mol. The molecule has 1 aliphatic heterocycles. The number of hydrogen-bond donors (Lipinski definition) is 1. The molecule has 4 nitrogen and oxygen atoms in total. The first-order valence-corrected chi connectivity index (χ1v) is 11.2. The first-order chi connectivity index (χ1) is 13.3. The third kappa shape index (κ3) is 7.00. The molecule has 1 saturated heterocycles. The van der Waals surface area contributed by atoms with Gasteiger partial charge in [0.2, 0.25) is 0 Å². The van der Waals surface area contributed by atoms with Crippen molar-refractivity contribution in [3.8, 4) is 0 Å². The number of benzene rings is 1. The lowest BCUT2D eigenvalue weighted by Gasteiger charge is -2.39. The highest BCUT2D eigenvalue weighted by Crippen LogP contribution is 2.39. The van der Waals surface area contributed by atoms with Gasteiger partial charge < -0.3 is 9.84 Å². The second kappa shape index (κ2) is 9.90. The van der Waals surface area contributed by atoms with Crippen molar-refractivity contribution in [3.63, 3.8) is 0 Å². The van der Waals surface area contributed by atoms with Gasteiger partial charge in [-0.05, 0) is 48.3 Å². The molecule has 2 aliphatic rings. The molecular formula is C23H37ClN2O2. The summed E-state index contributed by atoms with van der Waals surface area (Å²) in [5.41, 5.74) is 1.66. The Bertz CT molecular complexity index is 599. The molecule has 3 rings (SSSR count). The highest BCUT2D eigenvalue weighted by molar-refractivity contribution is 6.30. The predicted molar refractivity (Wildman–Crippen MR) is 116 cm³/mol. The van der Waals surface area contributed by atoms with Gasteiger partial charge in [0, 0.05) is 44.3 Å². The summed E-state index contributed by atoms with van der Waals surface area (Å²) < 4.78 is 6.10. The highest BCUT2D eigenvalue weighted by atomic mass is 35.5. The van der Waals surface area contributed by atoms with Gasteiger partial charge in [0.05, 0.1) is 18.8 Å². The van der Waals surface area contributed by atoms with Crippen molar-refractivity contribution in [2.24, 2.45) is 11.3 Å². The Morgan fingerprint density at radius 1 is 1.11 bits per heavy atom. The predicted octanol–water partition coefficient (Wildman–Crippen LogP) is 4.05. The molecule has 158 valence electrons. The quantitative estimate of drug-likeness (QED) is 0.738. The number of hydrogen-bond acceptors (Lipinski definition) is 4. The Kier molecular flexibility index (Phi) is 7.80. The van der Waals surface area contributed by atoms with Crippen molar-refractivity contribution in [3.05, 3.63) is 34.9 Å². The van der Waals surface area contributed by atoms with E-state index in [-0.39, 0.29) is 0 Å². The fraction of sp³-hybridized carbons (Fsp3) is 0.739. The van der Waals surface area contributed by atoms with Crippen molar-refractivity contribution in [2.45, 2.75) is 58.8 Å². The summed E-state index contributed by atoms with van der Waals surface area (Å²) in [4.78, 5) is 4.83. The monoisotopic (exact) mass is 408 g/mol. The molecule has 1 aromatic rings. The van der Waals surface area contributed by atoms with Crippen LogP contribution in [0.3, 0.4) is 0 Å². The van der Waals surface area contributed by atoms with Gasteiger partial charge in [-0.2, -0.15) is 0 Å². The van der Waals surface area contributed by atoms with E-state index in [1.165, 1.54) is 12.0 Å². The van der Waals surface area contributed by atoms with E-state index in [1.54, 1.807) is 0 Å². The number of rotatable bonds is 7. The van der Waals surface area contributed by atoms with E-state index >= 15 is 0 Å². The van der Waals surface area contributed by atoms with E-state index in [4.69, 9.17) is 16.3 Å². The van der Waals surface area contributed by atoms with E-state index in [0.717, 1.165) is 50.6 Å². The van der Waals surface area contributed by atoms with Crippen LogP contribution in [0.2, 0.25) is 5.02 Å². The van der Waals surface area contributed by atoms with Gasteiger partial charge >= 0.3 is 0 Å². The molecule has 0 amide bonds. The maximum absolute atomic E-state index is 10.5. The third-order valence-corrected chi connectivity index (χ3v) is 6.38. The minimum atomic E-state index is -0.400. The topological polar surface area (TPSA) is 35.9 Å². The second-order valence-electron chi connectivity index (χ2n) is 9.73. The van der Waals surface area contributed by atoms with Gasteiger partial charge in [-0.1, -0.05) is 44.5 Å². The molecule has 0 unspecified atom stereocenters. The molecule has 0 bridgehead atoms. The fourth-order valence-corrected chi connectivity index (χ4v) is 5.09. The lowest BCUT2D eigenvalue weighted by atomic mass is 9.71. The number of piperazine rings is 1. The zero-order valence-corrected chi connectivity index (χ0v) is 18.5. The lowest BCUT2D eigenvalue weighted by Crippen LogP contribution is -2.48. The van der Waals surface area contributed by atoms with E-state index in [9.17, 15) is 5.11 Å². The standard InChI is InChI=1S/C23H37ClN2O2/c1-18-12-22(14-23(2,3)13-18)28-17-21(27)16-26-10-8-25(9-11-26)15-19-4-6-20(24)7-5-19/h4-7,18,21-22,27H,8-17H2,1-3H3/t18-,21+,22-/m0/s1. The highest BCUT2D eigenvalue weighted by Gasteiger charge is 2.32. The normalized spacial score (nSPS) is 27.6. The van der Waals surface area contributed by atoms with Gasteiger partial charge in [-0.25, -0.2) is 0 Å². The first kappa shape index (κ1) is 22.0. The van der Waals surface area contributed by atoms with E-state index in [0.29, 0.717) is 30.6 Å². The summed E-state index contributed by atoms with van der Waals surface area (Å²) in [5, 5.41) is 11.3. The molecule has 1 saturated carbocycles. The van der Waals surface area contributed by atoms with Crippen LogP contribution in [0, 0.1) is 11.3 Å². The summed E-state index contributed by atoms with van der Waals surface area (Å²) in [7, 11) is 0. The Morgan fingerprint density at radius 2 is 1.75 bits per heavy atom. The molecule has 1 N–H and O–H groups in total. The number of aliphatic hydroxyl groups is 1. The number of aliphatic hydroxyl groups excluding tert-OH is 1. The molecule has 0 aromatic heterocycles. The largest absolute Gasteiger partial charge is 0.389 e. The zero-order chi connectivity index (χ0) is 20.1. The molecule has 2 fully saturated rings. The number of nitrogens with zero attached hydrogens (tertiary/aromatic N) is 2. The molecule has 1 aliphatic carbocycles. The Morgan fingerprint density at radius 3 is 2.39 bits per heavy atom. The summed E-state index contributed by atoms with van der Waals surface area (Å²) >= 11 is 5.96. The van der Waals surface area contributed by atoms with E-state index in [2.05, 4.69) is 42.7 Å². The van der Waals surface area contributed by atoms with Gasteiger partial charge in [-0.15, -0.1) is 0 Å². The molecular weight excluding hydrogens is 372 g/mol. The minimum Gasteiger partial charge on any atom is -0.389 e. The van der Waals surface area contributed by atoms with E-state index in [1.807, 2.05) is 12.1 Å². The molecule has 3 atom stereocenters. The van der Waals surface area contributed by atoms with Crippen LogP contribution in [-0.4, -0.2) is 66.4 Å². The zero-order valence-electron chi connectivity index (χ0n) is 17.7. The number of β-amino-alcohol motifs (C(OH)–C–C–N with tert-alkyl or cyclic N) is 1. The van der Waals surface area contributed by atoms with Crippen molar-refractivity contribution in [1.29, 1.82) is 0 Å². The van der Waals surface area contributed by atoms with Gasteiger partial charge in [0.1, 0.15) is 0 Å². The number of halogens is 1. The van der Waals surface area contributed by atoms with Crippen LogP contribution in [0.1, 0.15) is 45.6 Å². The third-order valence-electron chi connectivity index (χ3n) is 6.12. The summed E-state index contributed by atoms with van der Waals surface area (Å²) in [6.45, 7) is 13.2. The molecule has 1 heterocycles. The smallest absolute Gasteiger partial charge is 0.0900 e. The van der Waals surface area contributed by atoms with Gasteiger partial charge in [-0.3, -0.25) is 9.80 Å². The van der Waals surface area contributed by atoms with Crippen LogP contribution >= 0.6 is 11.6 Å².